The highest BCUT2D eigenvalue weighted by Crippen LogP contribution is 1.92. The predicted molar refractivity (Wildman–Crippen MR) is 80.6 cm³/mol. The number of nitrogens with zero attached hydrogens (tertiary/aromatic N) is 1. The molecule has 0 rings (SSSR count). The zero-order valence-corrected chi connectivity index (χ0v) is 12.8. The van der Waals surface area contributed by atoms with E-state index in [1.807, 2.05) is 18.7 Å². The normalized spacial score (nSPS) is 8.00. The third kappa shape index (κ3) is 15.3. The van der Waals surface area contributed by atoms with E-state index in [1.165, 1.54) is 0 Å². The van der Waals surface area contributed by atoms with E-state index in [2.05, 4.69) is 30.8 Å². The molecule has 0 amide bonds. The average molecular weight is 283 g/mol. The lowest BCUT2D eigenvalue weighted by molar-refractivity contribution is 0.264. The molecule has 0 aliphatic heterocycles. The van der Waals surface area contributed by atoms with Gasteiger partial charge < -0.3 is 26.3 Å². The predicted octanol–water partition coefficient (Wildman–Crippen LogP) is 2.08. The zero-order chi connectivity index (χ0) is 13.0. The van der Waals surface area contributed by atoms with Gasteiger partial charge in [-0.1, -0.05) is 0 Å². The highest BCUT2D eigenvalue weighted by molar-refractivity contribution is 7.80. The van der Waals surface area contributed by atoms with Crippen LogP contribution in [0.5, 0.6) is 0 Å². The number of nitrogens with two attached hydrogens (primary N) is 1. The Hall–Kier alpha value is -0.660. The van der Waals surface area contributed by atoms with Crippen molar-refractivity contribution in [2.75, 3.05) is 26.3 Å². The molecule has 0 aliphatic rings. The van der Waals surface area contributed by atoms with Crippen molar-refractivity contribution in [3.05, 3.63) is 0 Å². The molecule has 7 heteroatoms. The third-order valence-corrected chi connectivity index (χ3v) is 2.07. The van der Waals surface area contributed by atoms with Crippen LogP contribution < -0.4 is 11.9 Å². The lowest BCUT2D eigenvalue weighted by Crippen LogP contribution is -2.30. The molecule has 0 aromatic carbocycles. The smallest absolute Gasteiger partial charge is 0.259 e. The third-order valence-electron chi connectivity index (χ3n) is 1.58. The van der Waals surface area contributed by atoms with Crippen molar-refractivity contribution in [2.45, 2.75) is 27.7 Å². The first-order valence-corrected chi connectivity index (χ1v) is 6.18. The van der Waals surface area contributed by atoms with Crippen LogP contribution in [-0.2, 0) is 9.47 Å². The summed E-state index contributed by atoms with van der Waals surface area (Å²) in [5.74, 6) is 0. The summed E-state index contributed by atoms with van der Waals surface area (Å²) >= 11 is 9.33. The Morgan fingerprint density at radius 2 is 1.41 bits per heavy atom. The standard InChI is InChI=1S/C7H15NOS.C3H7NOS.H3N/c1-4-8(5-2)7(10)9-6-3;1-2-5-3(4)6;/h4-6H2,1-3H3;2H2,1H3,(H2,4,6);1H3. The maximum atomic E-state index is 5.14. The van der Waals surface area contributed by atoms with Crippen LogP contribution in [0.2, 0.25) is 0 Å². The van der Waals surface area contributed by atoms with Gasteiger partial charge in [-0.3, -0.25) is 0 Å². The van der Waals surface area contributed by atoms with Crippen LogP contribution in [0, 0.1) is 0 Å². The van der Waals surface area contributed by atoms with Crippen LogP contribution in [0.25, 0.3) is 0 Å². The van der Waals surface area contributed by atoms with Crippen molar-refractivity contribution in [1.82, 2.24) is 11.1 Å². The number of thiocarbonyl (C=S) groups is 2. The van der Waals surface area contributed by atoms with E-state index in [0.717, 1.165) is 13.1 Å². The van der Waals surface area contributed by atoms with Crippen LogP contribution >= 0.6 is 24.4 Å². The maximum Gasteiger partial charge on any atom is 0.259 e. The SMILES string of the molecule is CCOC(=S)N(CC)CC.CCOC(N)=S.N. The van der Waals surface area contributed by atoms with Crippen molar-refractivity contribution in [2.24, 2.45) is 5.73 Å². The van der Waals surface area contributed by atoms with Gasteiger partial charge in [0.2, 0.25) is 0 Å². The van der Waals surface area contributed by atoms with Gasteiger partial charge in [-0.2, -0.15) is 0 Å². The molecule has 0 unspecified atom stereocenters. The fourth-order valence-corrected chi connectivity index (χ4v) is 1.33. The van der Waals surface area contributed by atoms with E-state index in [9.17, 15) is 0 Å². The van der Waals surface area contributed by atoms with Crippen LogP contribution in [0.4, 0.5) is 0 Å². The molecular formula is C10H25N3O2S2. The lowest BCUT2D eigenvalue weighted by Gasteiger charge is -2.20. The minimum absolute atomic E-state index is 0. The zero-order valence-electron chi connectivity index (χ0n) is 11.2. The van der Waals surface area contributed by atoms with E-state index >= 15 is 0 Å². The van der Waals surface area contributed by atoms with Gasteiger partial charge in [0.15, 0.2) is 0 Å². The first-order chi connectivity index (χ1) is 7.53. The molecule has 0 atom stereocenters. The maximum absolute atomic E-state index is 5.14. The average Bonchev–Trinajstić information content (AvgIpc) is 2.20. The van der Waals surface area contributed by atoms with Crippen LogP contribution in [0.1, 0.15) is 27.7 Å². The summed E-state index contributed by atoms with van der Waals surface area (Å²) < 4.78 is 9.69. The van der Waals surface area contributed by atoms with Crippen molar-refractivity contribution in [1.29, 1.82) is 0 Å². The van der Waals surface area contributed by atoms with Crippen LogP contribution in [-0.4, -0.2) is 41.6 Å². The van der Waals surface area contributed by atoms with E-state index < -0.39 is 0 Å². The second-order valence-electron chi connectivity index (χ2n) is 2.62. The van der Waals surface area contributed by atoms with Gasteiger partial charge in [0.05, 0.1) is 13.2 Å². The molecule has 0 heterocycles. The minimum Gasteiger partial charge on any atom is -0.472 e. The molecule has 0 bridgehead atoms. The van der Waals surface area contributed by atoms with Crippen LogP contribution in [0.3, 0.4) is 0 Å². The van der Waals surface area contributed by atoms with Crippen LogP contribution in [0.15, 0.2) is 0 Å². The summed E-state index contributed by atoms with van der Waals surface area (Å²) in [7, 11) is 0. The molecule has 0 aromatic rings. The van der Waals surface area contributed by atoms with Crippen molar-refractivity contribution in [3.63, 3.8) is 0 Å². The van der Waals surface area contributed by atoms with E-state index in [4.69, 9.17) is 22.7 Å². The topological polar surface area (TPSA) is 82.7 Å². The Bertz CT molecular complexity index is 200. The van der Waals surface area contributed by atoms with Gasteiger partial charge in [-0.25, -0.2) is 0 Å². The van der Waals surface area contributed by atoms with Gasteiger partial charge in [-0.15, -0.1) is 0 Å². The summed E-state index contributed by atoms with van der Waals surface area (Å²) in [5.41, 5.74) is 4.91. The lowest BCUT2D eigenvalue weighted by atomic mass is 10.6. The highest BCUT2D eigenvalue weighted by Gasteiger charge is 2.03. The molecular weight excluding hydrogens is 258 g/mol. The Morgan fingerprint density at radius 1 is 1.00 bits per heavy atom. The second kappa shape index (κ2) is 15.3. The molecule has 0 spiro atoms. The molecule has 0 saturated heterocycles. The van der Waals surface area contributed by atoms with E-state index in [1.54, 1.807) is 0 Å². The summed E-state index contributed by atoms with van der Waals surface area (Å²) in [4.78, 5) is 2.01. The monoisotopic (exact) mass is 283 g/mol. The Morgan fingerprint density at radius 3 is 1.59 bits per heavy atom. The van der Waals surface area contributed by atoms with Gasteiger partial charge in [0.1, 0.15) is 0 Å². The Balaban J connectivity index is -0.000000244. The largest absolute Gasteiger partial charge is 0.472 e. The fraction of sp³-hybridized carbons (Fsp3) is 0.800. The molecule has 0 aliphatic carbocycles. The highest BCUT2D eigenvalue weighted by atomic mass is 32.1. The van der Waals surface area contributed by atoms with E-state index in [-0.39, 0.29) is 11.3 Å². The number of ether oxygens (including phenoxy) is 2. The fourth-order valence-electron chi connectivity index (χ4n) is 0.839. The number of hydrogen-bond donors (Lipinski definition) is 2. The summed E-state index contributed by atoms with van der Waals surface area (Å²) in [6.07, 6.45) is 0. The van der Waals surface area contributed by atoms with E-state index in [0.29, 0.717) is 18.4 Å². The quantitative estimate of drug-likeness (QED) is 0.764. The molecule has 0 radical (unpaired) electrons. The van der Waals surface area contributed by atoms with Crippen molar-refractivity contribution < 1.29 is 9.47 Å². The molecule has 104 valence electrons. The van der Waals surface area contributed by atoms with Gasteiger partial charge in [-0.05, 0) is 52.1 Å². The number of rotatable bonds is 4. The summed E-state index contributed by atoms with van der Waals surface area (Å²) in [6.45, 7) is 11.0. The van der Waals surface area contributed by atoms with Gasteiger partial charge in [0, 0.05) is 13.1 Å². The summed E-state index contributed by atoms with van der Waals surface area (Å²) in [6, 6.07) is 0. The van der Waals surface area contributed by atoms with Gasteiger partial charge in [0.25, 0.3) is 10.3 Å². The Labute approximate surface area is 115 Å². The molecule has 5 nitrogen and oxygen atoms in total. The first-order valence-electron chi connectivity index (χ1n) is 5.37. The van der Waals surface area contributed by atoms with Crippen molar-refractivity contribution >= 4 is 34.8 Å². The van der Waals surface area contributed by atoms with Gasteiger partial charge >= 0.3 is 0 Å². The second-order valence-corrected chi connectivity index (χ2v) is 3.37. The number of hydrogen-bond acceptors (Lipinski definition) is 5. The summed E-state index contributed by atoms with van der Waals surface area (Å²) in [5, 5.41) is 0.741. The first kappa shape index (κ1) is 21.6. The molecule has 0 fully saturated rings. The molecule has 0 saturated carbocycles. The molecule has 5 N–H and O–H groups in total. The molecule has 17 heavy (non-hydrogen) atoms. The minimum atomic E-state index is 0. The Kier molecular flexibility index (Phi) is 19.5. The van der Waals surface area contributed by atoms with Crippen molar-refractivity contribution in [3.8, 4) is 0 Å². The molecule has 0 aromatic heterocycles.